The number of hydrogen-bond donors (Lipinski definition) is 2. The Bertz CT molecular complexity index is 1110. The summed E-state index contributed by atoms with van der Waals surface area (Å²) in [4.78, 5) is 31.8. The average molecular weight is 471 g/mol. The van der Waals surface area contributed by atoms with Crippen LogP contribution >= 0.6 is 23.1 Å². The Labute approximate surface area is 195 Å². The van der Waals surface area contributed by atoms with Gasteiger partial charge >= 0.3 is 5.97 Å². The number of aromatic amines is 1. The molecule has 2 aromatic heterocycles. The van der Waals surface area contributed by atoms with Gasteiger partial charge in [0, 0.05) is 4.88 Å². The Hall–Kier alpha value is -2.65. The molecule has 0 saturated heterocycles. The summed E-state index contributed by atoms with van der Waals surface area (Å²) in [6, 6.07) is 9.52. The van der Waals surface area contributed by atoms with Crippen molar-refractivity contribution in [2.45, 2.75) is 50.4 Å². The summed E-state index contributed by atoms with van der Waals surface area (Å²) in [5, 5.41) is 10.5. The van der Waals surface area contributed by atoms with E-state index in [0.717, 1.165) is 35.3 Å². The third-order valence-corrected chi connectivity index (χ3v) is 7.65. The summed E-state index contributed by atoms with van der Waals surface area (Å²) >= 11 is 2.76. The lowest BCUT2D eigenvalue weighted by Gasteiger charge is -2.18. The lowest BCUT2D eigenvalue weighted by atomic mass is 9.88. The van der Waals surface area contributed by atoms with E-state index in [1.807, 2.05) is 37.3 Å². The summed E-state index contributed by atoms with van der Waals surface area (Å²) in [5.41, 5.74) is 2.37. The average Bonchev–Trinajstić information content (AvgIpc) is 3.34. The Morgan fingerprint density at radius 2 is 2.12 bits per heavy atom. The number of carbonyl (C=O) groups excluding carboxylic acids is 2. The molecular weight excluding hydrogens is 444 g/mol. The van der Waals surface area contributed by atoms with Crippen LogP contribution in [-0.4, -0.2) is 33.7 Å². The van der Waals surface area contributed by atoms with E-state index in [0.29, 0.717) is 34.1 Å². The van der Waals surface area contributed by atoms with Crippen LogP contribution in [0.15, 0.2) is 35.5 Å². The van der Waals surface area contributed by atoms with E-state index in [1.54, 1.807) is 6.92 Å². The van der Waals surface area contributed by atoms with Crippen LogP contribution in [0.5, 0.6) is 0 Å². The van der Waals surface area contributed by atoms with E-state index in [1.165, 1.54) is 23.1 Å². The molecule has 0 bridgehead atoms. The number of rotatable bonds is 7. The number of esters is 1. The van der Waals surface area contributed by atoms with Gasteiger partial charge in [0.1, 0.15) is 16.1 Å². The van der Waals surface area contributed by atoms with Crippen molar-refractivity contribution in [3.63, 3.8) is 0 Å². The standard InChI is InChI=1S/C23H26N4O3S2/c1-4-30-22(29)18-16-11-10-13(2)12-17(16)31-21(18)25-20(28)19(15-8-6-5-7-9-15)32-23-24-14(3)26-27-23/h5-9,13,19H,4,10-12H2,1-3H3,(H,25,28)(H,24,26,27). The fourth-order valence-corrected chi connectivity index (χ4v) is 6.18. The second-order valence-electron chi connectivity index (χ2n) is 7.88. The molecule has 2 heterocycles. The molecule has 1 amide bonds. The van der Waals surface area contributed by atoms with Crippen molar-refractivity contribution >= 4 is 40.0 Å². The largest absolute Gasteiger partial charge is 0.462 e. The number of aryl methyl sites for hydroxylation is 1. The van der Waals surface area contributed by atoms with Gasteiger partial charge in [-0.3, -0.25) is 9.89 Å². The molecule has 1 aromatic carbocycles. The normalized spacial score (nSPS) is 16.3. The first-order chi connectivity index (χ1) is 15.5. The fourth-order valence-electron chi connectivity index (χ4n) is 3.82. The highest BCUT2D eigenvalue weighted by Crippen LogP contribution is 2.41. The number of H-pyrrole nitrogens is 1. The van der Waals surface area contributed by atoms with Crippen molar-refractivity contribution in [3.8, 4) is 0 Å². The van der Waals surface area contributed by atoms with Gasteiger partial charge in [-0.1, -0.05) is 49.0 Å². The third kappa shape index (κ3) is 4.88. The zero-order chi connectivity index (χ0) is 22.7. The third-order valence-electron chi connectivity index (χ3n) is 5.37. The van der Waals surface area contributed by atoms with Crippen LogP contribution < -0.4 is 5.32 Å². The predicted molar refractivity (Wildman–Crippen MR) is 126 cm³/mol. The van der Waals surface area contributed by atoms with Gasteiger partial charge in [0.2, 0.25) is 11.1 Å². The zero-order valence-electron chi connectivity index (χ0n) is 18.3. The topological polar surface area (TPSA) is 97.0 Å². The van der Waals surface area contributed by atoms with E-state index in [9.17, 15) is 9.59 Å². The molecule has 0 radical (unpaired) electrons. The maximum Gasteiger partial charge on any atom is 0.341 e. The minimum absolute atomic E-state index is 0.221. The number of nitrogens with one attached hydrogen (secondary N) is 2. The number of amides is 1. The molecule has 9 heteroatoms. The van der Waals surface area contributed by atoms with E-state index in [2.05, 4.69) is 27.4 Å². The highest BCUT2D eigenvalue weighted by atomic mass is 32.2. The number of nitrogens with zero attached hydrogens (tertiary/aromatic N) is 2. The van der Waals surface area contributed by atoms with E-state index in [-0.39, 0.29) is 11.9 Å². The molecule has 0 aliphatic heterocycles. The van der Waals surface area contributed by atoms with Crippen molar-refractivity contribution in [2.24, 2.45) is 5.92 Å². The minimum Gasteiger partial charge on any atom is -0.462 e. The molecule has 2 N–H and O–H groups in total. The van der Waals surface area contributed by atoms with E-state index < -0.39 is 5.25 Å². The van der Waals surface area contributed by atoms with Crippen molar-refractivity contribution < 1.29 is 14.3 Å². The first-order valence-electron chi connectivity index (χ1n) is 10.7. The predicted octanol–water partition coefficient (Wildman–Crippen LogP) is 4.95. The quantitative estimate of drug-likeness (QED) is 0.375. The lowest BCUT2D eigenvalue weighted by Crippen LogP contribution is -2.21. The summed E-state index contributed by atoms with van der Waals surface area (Å²) in [6.45, 7) is 6.11. The zero-order valence-corrected chi connectivity index (χ0v) is 19.9. The van der Waals surface area contributed by atoms with Gasteiger partial charge in [-0.2, -0.15) is 0 Å². The Kier molecular flexibility index (Phi) is 6.95. The van der Waals surface area contributed by atoms with Crippen molar-refractivity contribution in [3.05, 3.63) is 57.7 Å². The smallest absolute Gasteiger partial charge is 0.341 e. The summed E-state index contributed by atoms with van der Waals surface area (Å²) < 4.78 is 5.33. The number of ether oxygens (including phenoxy) is 1. The van der Waals surface area contributed by atoms with Gasteiger partial charge in [-0.25, -0.2) is 9.78 Å². The van der Waals surface area contributed by atoms with Crippen LogP contribution in [0.25, 0.3) is 0 Å². The number of hydrogen-bond acceptors (Lipinski definition) is 7. The second kappa shape index (κ2) is 9.87. The molecule has 4 rings (SSSR count). The molecular formula is C23H26N4O3S2. The molecule has 2 atom stereocenters. The van der Waals surface area contributed by atoms with E-state index in [4.69, 9.17) is 4.74 Å². The SMILES string of the molecule is CCOC(=O)c1c(NC(=O)C(Sc2n[nH]c(C)n2)c2ccccc2)sc2c1CCC(C)C2. The number of thiophene rings is 1. The summed E-state index contributed by atoms with van der Waals surface area (Å²) in [7, 11) is 0. The number of carbonyl (C=O) groups is 2. The van der Waals surface area contributed by atoms with Crippen LogP contribution in [0.3, 0.4) is 0 Å². The molecule has 168 valence electrons. The monoisotopic (exact) mass is 470 g/mol. The minimum atomic E-state index is -0.570. The molecule has 1 aliphatic carbocycles. The highest BCUT2D eigenvalue weighted by Gasteiger charge is 2.31. The molecule has 32 heavy (non-hydrogen) atoms. The van der Waals surface area contributed by atoms with Crippen molar-refractivity contribution in [1.29, 1.82) is 0 Å². The number of aromatic nitrogens is 3. The number of fused-ring (bicyclic) bond motifs is 1. The number of benzene rings is 1. The first-order valence-corrected chi connectivity index (χ1v) is 12.4. The van der Waals surface area contributed by atoms with Gasteiger partial charge < -0.3 is 10.1 Å². The highest BCUT2D eigenvalue weighted by molar-refractivity contribution is 8.00. The van der Waals surface area contributed by atoms with Gasteiger partial charge in [0.05, 0.1) is 12.2 Å². The van der Waals surface area contributed by atoms with Crippen LogP contribution in [0.2, 0.25) is 0 Å². The van der Waals surface area contributed by atoms with Gasteiger partial charge in [-0.05, 0) is 50.2 Å². The molecule has 0 spiro atoms. The molecule has 7 nitrogen and oxygen atoms in total. The van der Waals surface area contributed by atoms with Gasteiger partial charge in [-0.15, -0.1) is 16.4 Å². The summed E-state index contributed by atoms with van der Waals surface area (Å²) in [6.07, 6.45) is 2.76. The lowest BCUT2D eigenvalue weighted by molar-refractivity contribution is -0.115. The second-order valence-corrected chi connectivity index (χ2v) is 10.1. The van der Waals surface area contributed by atoms with Crippen molar-refractivity contribution in [2.75, 3.05) is 11.9 Å². The van der Waals surface area contributed by atoms with Crippen molar-refractivity contribution in [1.82, 2.24) is 15.2 Å². The van der Waals surface area contributed by atoms with Crippen LogP contribution in [0.4, 0.5) is 5.00 Å². The Balaban J connectivity index is 1.66. The van der Waals surface area contributed by atoms with Gasteiger partial charge in [0.25, 0.3) is 0 Å². The molecule has 1 aliphatic rings. The molecule has 3 aromatic rings. The Morgan fingerprint density at radius 3 is 2.81 bits per heavy atom. The van der Waals surface area contributed by atoms with Crippen LogP contribution in [0, 0.1) is 12.8 Å². The molecule has 0 fully saturated rings. The van der Waals surface area contributed by atoms with Crippen LogP contribution in [-0.2, 0) is 22.4 Å². The maximum absolute atomic E-state index is 13.5. The fraction of sp³-hybridized carbons (Fsp3) is 0.391. The first kappa shape index (κ1) is 22.5. The van der Waals surface area contributed by atoms with Crippen LogP contribution in [0.1, 0.15) is 57.7 Å². The number of thioether (sulfide) groups is 1. The molecule has 0 saturated carbocycles. The molecule has 2 unspecified atom stereocenters. The van der Waals surface area contributed by atoms with E-state index >= 15 is 0 Å². The van der Waals surface area contributed by atoms with Gasteiger partial charge in [0.15, 0.2) is 0 Å². The Morgan fingerprint density at radius 1 is 1.34 bits per heavy atom. The number of anilines is 1. The summed E-state index contributed by atoms with van der Waals surface area (Å²) in [5.74, 6) is 0.648. The maximum atomic E-state index is 13.5.